The lowest BCUT2D eigenvalue weighted by atomic mass is 9.98. The van der Waals surface area contributed by atoms with Crippen molar-refractivity contribution in [1.82, 2.24) is 14.8 Å². The highest BCUT2D eigenvalue weighted by atomic mass is 35.5. The molecule has 1 atom stereocenters. The van der Waals surface area contributed by atoms with Gasteiger partial charge in [0.25, 0.3) is 5.91 Å². The summed E-state index contributed by atoms with van der Waals surface area (Å²) in [6, 6.07) is 15.3. The Balaban J connectivity index is 1.60. The Morgan fingerprint density at radius 2 is 1.74 bits per heavy atom. The minimum absolute atomic E-state index is 0.000217. The number of piperazine rings is 1. The third-order valence-electron chi connectivity index (χ3n) is 6.12. The van der Waals surface area contributed by atoms with Crippen molar-refractivity contribution in [2.45, 2.75) is 19.4 Å². The Labute approximate surface area is 189 Å². The number of likely N-dealkylation sites (N-methyl/N-ethyl adjacent to an activating group) is 1. The molecule has 0 unspecified atom stereocenters. The normalized spacial score (nSPS) is 20.0. The zero-order valence-electron chi connectivity index (χ0n) is 18.1. The summed E-state index contributed by atoms with van der Waals surface area (Å²) in [7, 11) is 1.65. The van der Waals surface area contributed by atoms with Gasteiger partial charge in [-0.2, -0.15) is 5.10 Å². The van der Waals surface area contributed by atoms with Crippen LogP contribution in [0.3, 0.4) is 0 Å². The first-order valence-corrected chi connectivity index (χ1v) is 11.2. The summed E-state index contributed by atoms with van der Waals surface area (Å²) in [4.78, 5) is 18.0. The molecule has 164 valence electrons. The molecular formula is C24H29ClN4O2. The van der Waals surface area contributed by atoms with Crippen molar-refractivity contribution in [1.29, 1.82) is 0 Å². The first-order valence-electron chi connectivity index (χ1n) is 10.8. The molecular weight excluding hydrogens is 412 g/mol. The number of nitrogens with zero attached hydrogens (tertiary/aromatic N) is 4. The average Bonchev–Trinajstić information content (AvgIpc) is 3.25. The fourth-order valence-corrected chi connectivity index (χ4v) is 4.56. The molecule has 2 aliphatic heterocycles. The maximum Gasteiger partial charge on any atom is 0.257 e. The molecule has 0 saturated carbocycles. The van der Waals surface area contributed by atoms with Crippen molar-refractivity contribution < 1.29 is 9.53 Å². The van der Waals surface area contributed by atoms with Gasteiger partial charge in [0.15, 0.2) is 0 Å². The Morgan fingerprint density at radius 3 is 2.45 bits per heavy atom. The van der Waals surface area contributed by atoms with Gasteiger partial charge in [0.2, 0.25) is 0 Å². The van der Waals surface area contributed by atoms with Gasteiger partial charge in [-0.15, -0.1) is 0 Å². The molecule has 0 spiro atoms. The van der Waals surface area contributed by atoms with Crippen LogP contribution in [0, 0.1) is 0 Å². The number of hydrazone groups is 1. The summed E-state index contributed by atoms with van der Waals surface area (Å²) in [5, 5.41) is 7.07. The zero-order chi connectivity index (χ0) is 21.8. The van der Waals surface area contributed by atoms with Gasteiger partial charge in [-0.3, -0.25) is 9.69 Å². The summed E-state index contributed by atoms with van der Waals surface area (Å²) in [6.45, 7) is 7.37. The van der Waals surface area contributed by atoms with Gasteiger partial charge in [0.1, 0.15) is 5.75 Å². The van der Waals surface area contributed by atoms with Gasteiger partial charge in [0, 0.05) is 43.2 Å². The topological polar surface area (TPSA) is 48.4 Å². The number of carbonyl (C=O) groups is 1. The molecule has 2 heterocycles. The first-order chi connectivity index (χ1) is 15.1. The van der Waals surface area contributed by atoms with Crippen molar-refractivity contribution >= 4 is 23.2 Å². The molecule has 0 radical (unpaired) electrons. The van der Waals surface area contributed by atoms with E-state index in [0.29, 0.717) is 18.0 Å². The summed E-state index contributed by atoms with van der Waals surface area (Å²) < 4.78 is 5.54. The highest BCUT2D eigenvalue weighted by Crippen LogP contribution is 2.37. The number of methoxy groups -OCH3 is 1. The third kappa shape index (κ3) is 4.76. The highest BCUT2D eigenvalue weighted by Gasteiger charge is 2.35. The van der Waals surface area contributed by atoms with Crippen molar-refractivity contribution in [3.8, 4) is 5.75 Å². The van der Waals surface area contributed by atoms with E-state index in [2.05, 4.69) is 16.7 Å². The molecule has 0 aromatic heterocycles. The van der Waals surface area contributed by atoms with E-state index in [1.165, 1.54) is 0 Å². The highest BCUT2D eigenvalue weighted by molar-refractivity contribution is 6.31. The Hall–Kier alpha value is -2.41. The second kappa shape index (κ2) is 9.81. The maximum absolute atomic E-state index is 13.4. The van der Waals surface area contributed by atoms with Crippen LogP contribution in [0.25, 0.3) is 0 Å². The summed E-state index contributed by atoms with van der Waals surface area (Å²) >= 11 is 6.52. The summed E-state index contributed by atoms with van der Waals surface area (Å²) in [6.07, 6.45) is 0.597. The van der Waals surface area contributed by atoms with E-state index in [0.717, 1.165) is 55.3 Å². The van der Waals surface area contributed by atoms with E-state index in [1.54, 1.807) is 12.1 Å². The van der Waals surface area contributed by atoms with E-state index in [9.17, 15) is 4.79 Å². The van der Waals surface area contributed by atoms with Crippen LogP contribution in [-0.2, 0) is 4.79 Å². The second-order valence-electron chi connectivity index (χ2n) is 7.94. The molecule has 1 amide bonds. The van der Waals surface area contributed by atoms with Gasteiger partial charge in [-0.05, 0) is 30.3 Å². The minimum Gasteiger partial charge on any atom is -0.496 e. The number of hydrogen-bond donors (Lipinski definition) is 0. The fraction of sp³-hybridized carbons (Fsp3) is 0.417. The predicted molar refractivity (Wildman–Crippen MR) is 124 cm³/mol. The molecule has 2 aromatic rings. The summed E-state index contributed by atoms with van der Waals surface area (Å²) in [5.74, 6) is 0.754. The molecule has 0 N–H and O–H groups in total. The van der Waals surface area contributed by atoms with Crippen LogP contribution in [0.1, 0.15) is 30.5 Å². The number of amides is 1. The average molecular weight is 441 g/mol. The third-order valence-corrected chi connectivity index (χ3v) is 6.46. The molecule has 1 fully saturated rings. The van der Waals surface area contributed by atoms with Crippen LogP contribution >= 0.6 is 11.6 Å². The van der Waals surface area contributed by atoms with Crippen LogP contribution in [0.4, 0.5) is 0 Å². The second-order valence-corrected chi connectivity index (χ2v) is 8.34. The Bertz CT molecular complexity index is 956. The molecule has 0 aliphatic carbocycles. The molecule has 7 heteroatoms. The number of hydrogen-bond acceptors (Lipinski definition) is 5. The lowest BCUT2D eigenvalue weighted by molar-refractivity contribution is -0.134. The Kier molecular flexibility index (Phi) is 6.90. The minimum atomic E-state index is -0.224. The van der Waals surface area contributed by atoms with Crippen LogP contribution in [-0.4, -0.2) is 72.8 Å². The molecule has 1 saturated heterocycles. The van der Waals surface area contributed by atoms with E-state index in [1.807, 2.05) is 48.5 Å². The molecule has 2 aromatic carbocycles. The van der Waals surface area contributed by atoms with Crippen LogP contribution < -0.4 is 4.74 Å². The Morgan fingerprint density at radius 1 is 1.06 bits per heavy atom. The SMILES string of the molecule is CCN1CCN(CC(=O)N2N=C(c3ccccc3OC)C[C@H]2c2ccccc2Cl)CC1. The smallest absolute Gasteiger partial charge is 0.257 e. The zero-order valence-corrected chi connectivity index (χ0v) is 18.9. The predicted octanol–water partition coefficient (Wildman–Crippen LogP) is 3.66. The fourth-order valence-electron chi connectivity index (χ4n) is 4.30. The molecule has 2 aliphatic rings. The van der Waals surface area contributed by atoms with E-state index < -0.39 is 0 Å². The lowest BCUT2D eigenvalue weighted by Crippen LogP contribution is -2.49. The number of ether oxygens (including phenoxy) is 1. The molecule has 4 rings (SSSR count). The van der Waals surface area contributed by atoms with Crippen LogP contribution in [0.5, 0.6) is 5.75 Å². The van der Waals surface area contributed by atoms with Crippen LogP contribution in [0.15, 0.2) is 53.6 Å². The van der Waals surface area contributed by atoms with E-state index >= 15 is 0 Å². The van der Waals surface area contributed by atoms with Gasteiger partial charge < -0.3 is 9.64 Å². The van der Waals surface area contributed by atoms with Crippen molar-refractivity contribution in [2.24, 2.45) is 5.10 Å². The van der Waals surface area contributed by atoms with Crippen molar-refractivity contribution in [3.05, 3.63) is 64.7 Å². The number of rotatable bonds is 6. The number of para-hydroxylation sites is 1. The largest absolute Gasteiger partial charge is 0.496 e. The molecule has 0 bridgehead atoms. The van der Waals surface area contributed by atoms with Gasteiger partial charge in [0.05, 0.1) is 25.4 Å². The van der Waals surface area contributed by atoms with Gasteiger partial charge >= 0.3 is 0 Å². The van der Waals surface area contributed by atoms with Crippen LogP contribution in [0.2, 0.25) is 5.02 Å². The van der Waals surface area contributed by atoms with E-state index in [-0.39, 0.29) is 11.9 Å². The van der Waals surface area contributed by atoms with Gasteiger partial charge in [-0.25, -0.2) is 5.01 Å². The summed E-state index contributed by atoms with van der Waals surface area (Å²) in [5.41, 5.74) is 2.67. The quantitative estimate of drug-likeness (QED) is 0.687. The molecule has 6 nitrogen and oxygen atoms in total. The number of halogens is 1. The standard InChI is InChI=1S/C24H29ClN4O2/c1-3-27-12-14-28(15-13-27)17-24(30)29-22(18-8-4-6-10-20(18)25)16-21(26-29)19-9-5-7-11-23(19)31-2/h4-11,22H,3,12-17H2,1-2H3/t22-/m0/s1. The lowest BCUT2D eigenvalue weighted by Gasteiger charge is -2.34. The van der Waals surface area contributed by atoms with Gasteiger partial charge in [-0.1, -0.05) is 48.9 Å². The molecule has 31 heavy (non-hydrogen) atoms. The number of benzene rings is 2. The first kappa shape index (κ1) is 21.8. The van der Waals surface area contributed by atoms with Crippen molar-refractivity contribution in [2.75, 3.05) is 46.4 Å². The monoisotopic (exact) mass is 440 g/mol. The van der Waals surface area contributed by atoms with E-state index in [4.69, 9.17) is 21.4 Å². The number of carbonyl (C=O) groups excluding carboxylic acids is 1. The van der Waals surface area contributed by atoms with Crippen molar-refractivity contribution in [3.63, 3.8) is 0 Å². The maximum atomic E-state index is 13.4.